The average molecular weight is 196 g/mol. The van der Waals surface area contributed by atoms with E-state index in [1.807, 2.05) is 0 Å². The van der Waals surface area contributed by atoms with Crippen molar-refractivity contribution in [2.75, 3.05) is 0 Å². The predicted molar refractivity (Wildman–Crippen MR) is 54.9 cm³/mol. The standard InChI is InChI=1S/C12H20O2/c1-9(13)11-7-4-6-10-5-2-3-8-12(10,11)14/h10-11,14H,2-8H2,1H3/t10-,11-,12-/m0/s1. The van der Waals surface area contributed by atoms with Crippen LogP contribution in [0.3, 0.4) is 0 Å². The van der Waals surface area contributed by atoms with Crippen molar-refractivity contribution in [2.24, 2.45) is 11.8 Å². The smallest absolute Gasteiger partial charge is 0.135 e. The van der Waals surface area contributed by atoms with Crippen LogP contribution in [0.4, 0.5) is 0 Å². The minimum Gasteiger partial charge on any atom is -0.389 e. The Morgan fingerprint density at radius 1 is 1.21 bits per heavy atom. The third kappa shape index (κ3) is 1.50. The Hall–Kier alpha value is -0.370. The van der Waals surface area contributed by atoms with Crippen LogP contribution >= 0.6 is 0 Å². The number of rotatable bonds is 1. The maximum absolute atomic E-state index is 11.5. The van der Waals surface area contributed by atoms with Crippen LogP contribution in [0.5, 0.6) is 0 Å². The highest BCUT2D eigenvalue weighted by atomic mass is 16.3. The van der Waals surface area contributed by atoms with E-state index < -0.39 is 5.60 Å². The lowest BCUT2D eigenvalue weighted by Gasteiger charge is -2.48. The summed E-state index contributed by atoms with van der Waals surface area (Å²) in [7, 11) is 0. The molecule has 0 heterocycles. The van der Waals surface area contributed by atoms with Gasteiger partial charge in [-0.2, -0.15) is 0 Å². The molecule has 2 aliphatic rings. The van der Waals surface area contributed by atoms with Crippen LogP contribution in [0.15, 0.2) is 0 Å². The van der Waals surface area contributed by atoms with E-state index in [4.69, 9.17) is 0 Å². The van der Waals surface area contributed by atoms with Crippen LogP contribution in [0.2, 0.25) is 0 Å². The summed E-state index contributed by atoms with van der Waals surface area (Å²) in [5.41, 5.74) is -0.637. The number of ketones is 1. The van der Waals surface area contributed by atoms with Crippen LogP contribution in [0, 0.1) is 11.8 Å². The largest absolute Gasteiger partial charge is 0.389 e. The first-order valence-corrected chi connectivity index (χ1v) is 5.87. The second-order valence-corrected chi connectivity index (χ2v) is 5.03. The van der Waals surface area contributed by atoms with E-state index in [1.54, 1.807) is 6.92 Å². The monoisotopic (exact) mass is 196 g/mol. The van der Waals surface area contributed by atoms with Gasteiger partial charge in [0.2, 0.25) is 0 Å². The number of hydrogen-bond donors (Lipinski definition) is 1. The molecule has 2 rings (SSSR count). The first-order valence-electron chi connectivity index (χ1n) is 5.87. The molecule has 0 saturated heterocycles. The SMILES string of the molecule is CC(=O)[C@@H]1CCC[C@@H]2CCCC[C@]21O. The van der Waals surface area contributed by atoms with Crippen molar-refractivity contribution in [3.05, 3.63) is 0 Å². The zero-order valence-electron chi connectivity index (χ0n) is 8.96. The summed E-state index contributed by atoms with van der Waals surface area (Å²) in [4.78, 5) is 11.5. The molecule has 2 nitrogen and oxygen atoms in total. The molecule has 2 heteroatoms. The van der Waals surface area contributed by atoms with E-state index in [0.717, 1.165) is 38.5 Å². The zero-order chi connectivity index (χ0) is 10.2. The molecule has 0 aromatic carbocycles. The first-order chi connectivity index (χ1) is 6.64. The van der Waals surface area contributed by atoms with Crippen molar-refractivity contribution < 1.29 is 9.90 Å². The van der Waals surface area contributed by atoms with Crippen LogP contribution in [0.25, 0.3) is 0 Å². The Balaban J connectivity index is 2.21. The molecule has 14 heavy (non-hydrogen) atoms. The fourth-order valence-corrected chi connectivity index (χ4v) is 3.48. The fraction of sp³-hybridized carbons (Fsp3) is 0.917. The van der Waals surface area contributed by atoms with Gasteiger partial charge in [-0.25, -0.2) is 0 Å². The molecule has 80 valence electrons. The summed E-state index contributed by atoms with van der Waals surface area (Å²) < 4.78 is 0. The van der Waals surface area contributed by atoms with Gasteiger partial charge < -0.3 is 5.11 Å². The third-order valence-electron chi connectivity index (χ3n) is 4.23. The van der Waals surface area contributed by atoms with Crippen molar-refractivity contribution in [2.45, 2.75) is 57.5 Å². The number of aliphatic hydroxyl groups is 1. The van der Waals surface area contributed by atoms with E-state index in [9.17, 15) is 9.90 Å². The fourth-order valence-electron chi connectivity index (χ4n) is 3.48. The van der Waals surface area contributed by atoms with Gasteiger partial charge >= 0.3 is 0 Å². The lowest BCUT2D eigenvalue weighted by Crippen LogP contribution is -2.52. The van der Waals surface area contributed by atoms with E-state index in [-0.39, 0.29) is 11.7 Å². The summed E-state index contributed by atoms with van der Waals surface area (Å²) in [5.74, 6) is 0.527. The lowest BCUT2D eigenvalue weighted by molar-refractivity contribution is -0.149. The molecule has 1 N–H and O–H groups in total. The second-order valence-electron chi connectivity index (χ2n) is 5.03. The summed E-state index contributed by atoms with van der Waals surface area (Å²) in [6, 6.07) is 0. The van der Waals surface area contributed by atoms with Crippen molar-refractivity contribution >= 4 is 5.78 Å². The highest BCUT2D eigenvalue weighted by Gasteiger charge is 2.48. The average Bonchev–Trinajstić information content (AvgIpc) is 2.15. The highest BCUT2D eigenvalue weighted by Crippen LogP contribution is 2.47. The van der Waals surface area contributed by atoms with Crippen LogP contribution in [0.1, 0.15) is 51.9 Å². The maximum Gasteiger partial charge on any atom is 0.135 e. The van der Waals surface area contributed by atoms with Gasteiger partial charge in [-0.05, 0) is 38.5 Å². The number of carbonyl (C=O) groups is 1. The quantitative estimate of drug-likeness (QED) is 0.698. The van der Waals surface area contributed by atoms with Gasteiger partial charge in [0.25, 0.3) is 0 Å². The number of hydrogen-bond acceptors (Lipinski definition) is 2. The summed E-state index contributed by atoms with van der Waals surface area (Å²) in [6.45, 7) is 1.64. The molecule has 2 saturated carbocycles. The van der Waals surface area contributed by atoms with Crippen LogP contribution in [-0.4, -0.2) is 16.5 Å². The van der Waals surface area contributed by atoms with E-state index in [1.165, 1.54) is 6.42 Å². The Labute approximate surface area is 85.7 Å². The van der Waals surface area contributed by atoms with Gasteiger partial charge in [0.05, 0.1) is 5.60 Å². The van der Waals surface area contributed by atoms with Crippen molar-refractivity contribution in [1.82, 2.24) is 0 Å². The van der Waals surface area contributed by atoms with Crippen molar-refractivity contribution in [3.8, 4) is 0 Å². The van der Waals surface area contributed by atoms with E-state index in [2.05, 4.69) is 0 Å². The molecule has 3 atom stereocenters. The minimum atomic E-state index is -0.637. The minimum absolute atomic E-state index is 0.0680. The second kappa shape index (κ2) is 3.65. The van der Waals surface area contributed by atoms with Gasteiger partial charge in [0.15, 0.2) is 0 Å². The molecular formula is C12H20O2. The molecule has 0 radical (unpaired) electrons. The maximum atomic E-state index is 11.5. The van der Waals surface area contributed by atoms with Gasteiger partial charge in [-0.3, -0.25) is 4.79 Å². The molecule has 0 aromatic heterocycles. The summed E-state index contributed by atoms with van der Waals surface area (Å²) >= 11 is 0. The molecule has 0 aliphatic heterocycles. The normalized spacial score (nSPS) is 43.0. The zero-order valence-corrected chi connectivity index (χ0v) is 8.96. The van der Waals surface area contributed by atoms with Gasteiger partial charge in [-0.1, -0.05) is 19.3 Å². The number of Topliss-reactive ketones (excluding diaryl/α,β-unsaturated/α-hetero) is 1. The molecular weight excluding hydrogens is 176 g/mol. The number of carbonyl (C=O) groups excluding carboxylic acids is 1. The van der Waals surface area contributed by atoms with Gasteiger partial charge in [-0.15, -0.1) is 0 Å². The molecule has 2 aliphatic carbocycles. The Kier molecular flexibility index (Phi) is 2.65. The summed E-state index contributed by atoms with van der Waals surface area (Å²) in [6.07, 6.45) is 7.45. The van der Waals surface area contributed by atoms with Gasteiger partial charge in [0, 0.05) is 5.92 Å². The van der Waals surface area contributed by atoms with E-state index in [0.29, 0.717) is 5.92 Å². The van der Waals surface area contributed by atoms with Crippen LogP contribution < -0.4 is 0 Å². The summed E-state index contributed by atoms with van der Waals surface area (Å²) in [5, 5.41) is 10.6. The Bertz CT molecular complexity index is 234. The van der Waals surface area contributed by atoms with E-state index >= 15 is 0 Å². The predicted octanol–water partition coefficient (Wildman–Crippen LogP) is 2.30. The van der Waals surface area contributed by atoms with Gasteiger partial charge in [0.1, 0.15) is 5.78 Å². The topological polar surface area (TPSA) is 37.3 Å². The highest BCUT2D eigenvalue weighted by molar-refractivity contribution is 5.79. The Morgan fingerprint density at radius 2 is 1.93 bits per heavy atom. The molecule has 0 bridgehead atoms. The first kappa shape index (κ1) is 10.2. The third-order valence-corrected chi connectivity index (χ3v) is 4.23. The molecule has 0 aromatic rings. The number of fused-ring (bicyclic) bond motifs is 1. The van der Waals surface area contributed by atoms with Crippen molar-refractivity contribution in [1.29, 1.82) is 0 Å². The molecule has 2 fully saturated rings. The molecule has 0 spiro atoms. The van der Waals surface area contributed by atoms with Crippen molar-refractivity contribution in [3.63, 3.8) is 0 Å². The molecule has 0 unspecified atom stereocenters. The molecule has 0 amide bonds. The Morgan fingerprint density at radius 3 is 2.64 bits per heavy atom. The lowest BCUT2D eigenvalue weighted by atomic mass is 9.61. The van der Waals surface area contributed by atoms with Crippen LogP contribution in [-0.2, 0) is 4.79 Å².